The average molecular weight is 284 g/mol. The van der Waals surface area contributed by atoms with Crippen molar-refractivity contribution in [2.75, 3.05) is 12.4 Å². The molecule has 0 aliphatic heterocycles. The molecule has 2 rings (SSSR count). The van der Waals surface area contributed by atoms with Crippen molar-refractivity contribution in [3.63, 3.8) is 0 Å². The van der Waals surface area contributed by atoms with E-state index in [-0.39, 0.29) is 17.7 Å². The van der Waals surface area contributed by atoms with Crippen LogP contribution in [-0.2, 0) is 0 Å². The second-order valence-electron chi connectivity index (χ2n) is 5.03. The Morgan fingerprint density at radius 2 is 1.90 bits per heavy atom. The topological polar surface area (TPSA) is 61.4 Å². The van der Waals surface area contributed by atoms with Crippen molar-refractivity contribution in [2.24, 2.45) is 0 Å². The van der Waals surface area contributed by atoms with Crippen molar-refractivity contribution < 1.29 is 9.90 Å². The van der Waals surface area contributed by atoms with E-state index < -0.39 is 0 Å². The van der Waals surface area contributed by atoms with Crippen LogP contribution in [0.1, 0.15) is 34.5 Å². The molecule has 110 valence electrons. The van der Waals surface area contributed by atoms with Gasteiger partial charge in [-0.25, -0.2) is 0 Å². The quantitative estimate of drug-likeness (QED) is 0.807. The number of phenols is 1. The predicted octanol–water partition coefficient (Wildman–Crippen LogP) is 3.23. The predicted molar refractivity (Wildman–Crippen MR) is 84.7 cm³/mol. The normalized spacial score (nSPS) is 11.8. The highest BCUT2D eigenvalue weighted by Gasteiger charge is 2.12. The van der Waals surface area contributed by atoms with E-state index in [1.165, 1.54) is 0 Å². The van der Waals surface area contributed by atoms with E-state index in [1.807, 2.05) is 38.1 Å². The van der Waals surface area contributed by atoms with Gasteiger partial charge >= 0.3 is 0 Å². The first-order chi connectivity index (χ1) is 10.0. The Hall–Kier alpha value is -2.49. The molecule has 0 bridgehead atoms. The molecule has 0 heterocycles. The summed E-state index contributed by atoms with van der Waals surface area (Å²) in [6.45, 7) is 3.95. The van der Waals surface area contributed by atoms with Crippen LogP contribution in [0.2, 0.25) is 0 Å². The van der Waals surface area contributed by atoms with Gasteiger partial charge in [0.2, 0.25) is 0 Å². The van der Waals surface area contributed by atoms with Gasteiger partial charge in [-0.15, -0.1) is 0 Å². The van der Waals surface area contributed by atoms with Crippen molar-refractivity contribution in [2.45, 2.75) is 19.9 Å². The van der Waals surface area contributed by atoms with Gasteiger partial charge in [-0.2, -0.15) is 0 Å². The Kier molecular flexibility index (Phi) is 4.48. The highest BCUT2D eigenvalue weighted by molar-refractivity contribution is 5.95. The Labute approximate surface area is 124 Å². The van der Waals surface area contributed by atoms with E-state index in [2.05, 4.69) is 10.6 Å². The summed E-state index contributed by atoms with van der Waals surface area (Å²) in [5.41, 5.74) is 3.36. The molecule has 3 N–H and O–H groups in total. The van der Waals surface area contributed by atoms with Crippen molar-refractivity contribution >= 4 is 11.6 Å². The summed E-state index contributed by atoms with van der Waals surface area (Å²) in [5.74, 6) is 0.144. The first-order valence-electron chi connectivity index (χ1n) is 6.90. The molecule has 0 aromatic heterocycles. The highest BCUT2D eigenvalue weighted by Crippen LogP contribution is 2.28. The lowest BCUT2D eigenvalue weighted by Gasteiger charge is -2.19. The molecule has 1 atom stereocenters. The molecule has 1 amide bonds. The lowest BCUT2D eigenvalue weighted by molar-refractivity contribution is 0.0963. The van der Waals surface area contributed by atoms with Crippen molar-refractivity contribution in [1.82, 2.24) is 5.32 Å². The molecule has 0 saturated heterocycles. The number of amides is 1. The maximum absolute atomic E-state index is 11.7. The summed E-state index contributed by atoms with van der Waals surface area (Å²) in [6, 6.07) is 12.7. The van der Waals surface area contributed by atoms with Crippen LogP contribution in [0.5, 0.6) is 5.75 Å². The lowest BCUT2D eigenvalue weighted by atomic mass is 10.0. The fourth-order valence-corrected chi connectivity index (χ4v) is 2.23. The van der Waals surface area contributed by atoms with E-state index in [9.17, 15) is 9.90 Å². The number of hydrogen-bond donors (Lipinski definition) is 3. The third-order valence-corrected chi connectivity index (χ3v) is 3.50. The Bertz CT molecular complexity index is 653. The zero-order valence-corrected chi connectivity index (χ0v) is 12.5. The van der Waals surface area contributed by atoms with Crippen molar-refractivity contribution in [1.29, 1.82) is 0 Å². The third kappa shape index (κ3) is 3.34. The molecule has 21 heavy (non-hydrogen) atoms. The van der Waals surface area contributed by atoms with Crippen LogP contribution < -0.4 is 10.6 Å². The van der Waals surface area contributed by atoms with E-state index in [0.29, 0.717) is 5.56 Å². The number of aryl methyl sites for hydroxylation is 1. The zero-order valence-electron chi connectivity index (χ0n) is 12.5. The van der Waals surface area contributed by atoms with Crippen molar-refractivity contribution in [3.8, 4) is 5.75 Å². The van der Waals surface area contributed by atoms with Crippen LogP contribution in [0.4, 0.5) is 5.69 Å². The maximum atomic E-state index is 11.7. The molecule has 0 fully saturated rings. The number of rotatable bonds is 4. The number of aromatic hydroxyl groups is 1. The van der Waals surface area contributed by atoms with Crippen LogP contribution in [-0.4, -0.2) is 18.1 Å². The summed E-state index contributed by atoms with van der Waals surface area (Å²) in [4.78, 5) is 11.7. The first kappa shape index (κ1) is 14.9. The van der Waals surface area contributed by atoms with E-state index >= 15 is 0 Å². The maximum Gasteiger partial charge on any atom is 0.251 e. The second-order valence-corrected chi connectivity index (χ2v) is 5.03. The minimum Gasteiger partial charge on any atom is -0.508 e. The average Bonchev–Trinajstić information content (AvgIpc) is 2.49. The standard InChI is InChI=1S/C17H20N2O2/c1-11-8-9-13(17(21)18-3)10-15(11)19-12(2)14-6-4-5-7-16(14)20/h4-10,12,19-20H,1-3H3,(H,18,21). The van der Waals surface area contributed by atoms with Gasteiger partial charge in [0.25, 0.3) is 5.91 Å². The fourth-order valence-electron chi connectivity index (χ4n) is 2.23. The van der Waals surface area contributed by atoms with Gasteiger partial charge in [-0.05, 0) is 37.6 Å². The molecule has 0 radical (unpaired) electrons. The van der Waals surface area contributed by atoms with Crippen LogP contribution in [0, 0.1) is 6.92 Å². The van der Waals surface area contributed by atoms with E-state index in [4.69, 9.17) is 0 Å². The molecule has 4 nitrogen and oxygen atoms in total. The largest absolute Gasteiger partial charge is 0.508 e. The lowest BCUT2D eigenvalue weighted by Crippen LogP contribution is -2.18. The number of hydrogen-bond acceptors (Lipinski definition) is 3. The van der Waals surface area contributed by atoms with Gasteiger partial charge in [0, 0.05) is 23.9 Å². The highest BCUT2D eigenvalue weighted by atomic mass is 16.3. The van der Waals surface area contributed by atoms with Gasteiger partial charge in [0.15, 0.2) is 0 Å². The van der Waals surface area contributed by atoms with Crippen LogP contribution in [0.3, 0.4) is 0 Å². The third-order valence-electron chi connectivity index (χ3n) is 3.50. The number of carbonyl (C=O) groups excluding carboxylic acids is 1. The second kappa shape index (κ2) is 6.31. The first-order valence-corrected chi connectivity index (χ1v) is 6.90. The number of nitrogens with one attached hydrogen (secondary N) is 2. The van der Waals surface area contributed by atoms with Crippen LogP contribution >= 0.6 is 0 Å². The number of phenolic OH excluding ortho intramolecular Hbond substituents is 1. The Morgan fingerprint density at radius 3 is 2.57 bits per heavy atom. The molecule has 0 aliphatic rings. The molecule has 2 aromatic carbocycles. The summed E-state index contributed by atoms with van der Waals surface area (Å²) >= 11 is 0. The monoisotopic (exact) mass is 284 g/mol. The van der Waals surface area contributed by atoms with Gasteiger partial charge in [-0.3, -0.25) is 4.79 Å². The molecule has 2 aromatic rings. The molecular formula is C17H20N2O2. The molecular weight excluding hydrogens is 264 g/mol. The summed E-state index contributed by atoms with van der Waals surface area (Å²) in [6.07, 6.45) is 0. The number of carbonyl (C=O) groups is 1. The van der Waals surface area contributed by atoms with Gasteiger partial charge in [0.1, 0.15) is 5.75 Å². The number of anilines is 1. The fraction of sp³-hybridized carbons (Fsp3) is 0.235. The summed E-state index contributed by atoms with van der Waals surface area (Å²) in [7, 11) is 1.61. The SMILES string of the molecule is CNC(=O)c1ccc(C)c(NC(C)c2ccccc2O)c1. The zero-order chi connectivity index (χ0) is 15.4. The van der Waals surface area contributed by atoms with Crippen LogP contribution in [0.25, 0.3) is 0 Å². The van der Waals surface area contributed by atoms with Gasteiger partial charge in [0.05, 0.1) is 6.04 Å². The number of benzene rings is 2. The minimum atomic E-state index is -0.117. The Balaban J connectivity index is 2.27. The molecule has 0 spiro atoms. The summed E-state index contributed by atoms with van der Waals surface area (Å²) < 4.78 is 0. The van der Waals surface area contributed by atoms with Gasteiger partial charge < -0.3 is 15.7 Å². The molecule has 1 unspecified atom stereocenters. The van der Waals surface area contributed by atoms with Gasteiger partial charge in [-0.1, -0.05) is 24.3 Å². The molecule has 4 heteroatoms. The summed E-state index contributed by atoms with van der Waals surface area (Å²) in [5, 5.41) is 15.9. The smallest absolute Gasteiger partial charge is 0.251 e. The van der Waals surface area contributed by atoms with E-state index in [1.54, 1.807) is 25.2 Å². The molecule has 0 aliphatic carbocycles. The number of para-hydroxylation sites is 1. The minimum absolute atomic E-state index is 0.0650. The Morgan fingerprint density at radius 1 is 1.19 bits per heavy atom. The van der Waals surface area contributed by atoms with Crippen molar-refractivity contribution in [3.05, 3.63) is 59.2 Å². The van der Waals surface area contributed by atoms with Crippen LogP contribution in [0.15, 0.2) is 42.5 Å². The van der Waals surface area contributed by atoms with E-state index in [0.717, 1.165) is 16.8 Å². The molecule has 0 saturated carbocycles.